The fourth-order valence-electron chi connectivity index (χ4n) is 3.69. The van der Waals surface area contributed by atoms with E-state index in [4.69, 9.17) is 4.18 Å². The van der Waals surface area contributed by atoms with Crippen LogP contribution < -0.4 is 0 Å². The van der Waals surface area contributed by atoms with Gasteiger partial charge in [0.05, 0.1) is 6.61 Å². The highest BCUT2D eigenvalue weighted by molar-refractivity contribution is 7.80. The van der Waals surface area contributed by atoms with Gasteiger partial charge in [0.1, 0.15) is 0 Å². The molecule has 4 heteroatoms. The monoisotopic (exact) mass is 434 g/mol. The van der Waals surface area contributed by atoms with Crippen molar-refractivity contribution in [1.82, 2.24) is 0 Å². The summed E-state index contributed by atoms with van der Waals surface area (Å²) >= 11 is -1.76. The van der Waals surface area contributed by atoms with Gasteiger partial charge in [-0.15, -0.1) is 0 Å². The van der Waals surface area contributed by atoms with Crippen molar-refractivity contribution >= 4 is 11.1 Å². The van der Waals surface area contributed by atoms with Crippen molar-refractivity contribution in [1.29, 1.82) is 0 Å². The number of unbranched alkanes of at least 4 members (excludes halogenated alkanes) is 18. The summed E-state index contributed by atoms with van der Waals surface area (Å²) in [6.07, 6.45) is 25.6. The topological polar surface area (TPSA) is 26.3 Å². The molecular weight excluding hydrogens is 383 g/mol. The van der Waals surface area contributed by atoms with E-state index < -0.39 is 16.6 Å². The van der Waals surface area contributed by atoms with Crippen molar-refractivity contribution in [3.63, 3.8) is 0 Å². The Balaban J connectivity index is 3.23. The summed E-state index contributed by atoms with van der Waals surface area (Å²) in [5, 5.41) is 0. The van der Waals surface area contributed by atoms with Crippen molar-refractivity contribution in [3.8, 4) is 0 Å². The zero-order chi connectivity index (χ0) is 21.4. The zero-order valence-corrected chi connectivity index (χ0v) is 20.6. The molecule has 2 nitrogen and oxygen atoms in total. The fraction of sp³-hybridized carbons (Fsp3) is 1.00. The predicted molar refractivity (Wildman–Crippen MR) is 127 cm³/mol. The van der Waals surface area contributed by atoms with Crippen molar-refractivity contribution in [2.75, 3.05) is 6.61 Å². The minimum absolute atomic E-state index is 0.370. The van der Waals surface area contributed by atoms with E-state index in [0.717, 1.165) is 32.1 Å². The molecule has 0 N–H and O–H groups in total. The zero-order valence-electron chi connectivity index (χ0n) is 19.7. The molecule has 0 aliphatic heterocycles. The molecule has 0 aromatic rings. The third-order valence-corrected chi connectivity index (χ3v) is 6.74. The average molecular weight is 435 g/mol. The maximum Gasteiger partial charge on any atom is 0.200 e. The molecule has 0 aromatic heterocycles. The Hall–Kier alpha value is 0.0400. The Bertz CT molecular complexity index is 339. The highest BCUT2D eigenvalue weighted by atomic mass is 32.2. The molecular formula is C25H51FO2S. The van der Waals surface area contributed by atoms with E-state index in [1.54, 1.807) is 0 Å². The van der Waals surface area contributed by atoms with Gasteiger partial charge in [-0.25, -0.2) is 8.60 Å². The van der Waals surface area contributed by atoms with E-state index in [9.17, 15) is 8.60 Å². The van der Waals surface area contributed by atoms with Gasteiger partial charge in [-0.3, -0.25) is 4.18 Å². The summed E-state index contributed by atoms with van der Waals surface area (Å²) in [5.74, 6) is 0. The average Bonchev–Trinajstić information content (AvgIpc) is 2.73. The predicted octanol–water partition coefficient (Wildman–Crippen LogP) is 9.19. The number of halogens is 1. The lowest BCUT2D eigenvalue weighted by atomic mass is 10.0. The summed E-state index contributed by atoms with van der Waals surface area (Å²) in [7, 11) is 0. The molecule has 0 bridgehead atoms. The van der Waals surface area contributed by atoms with E-state index in [0.29, 0.717) is 13.0 Å². The lowest BCUT2D eigenvalue weighted by Gasteiger charge is -2.08. The van der Waals surface area contributed by atoms with Gasteiger partial charge in [-0.1, -0.05) is 129 Å². The fourth-order valence-corrected chi connectivity index (χ4v) is 4.48. The Labute approximate surface area is 184 Å². The van der Waals surface area contributed by atoms with Gasteiger partial charge in [0, 0.05) is 0 Å². The van der Waals surface area contributed by atoms with E-state index >= 15 is 0 Å². The molecule has 0 rings (SSSR count). The number of alkyl halides is 1. The first-order chi connectivity index (χ1) is 14.2. The number of hydrogen-bond acceptors (Lipinski definition) is 2. The first-order valence-corrected chi connectivity index (χ1v) is 14.0. The third-order valence-electron chi connectivity index (χ3n) is 5.69. The van der Waals surface area contributed by atoms with E-state index in [2.05, 4.69) is 13.8 Å². The standard InChI is InChI=1S/C25H51FO2S/c1-3-5-7-9-10-11-12-13-14-15-16-17-18-20-22-24-28-29(27)25(26)23-21-19-8-6-4-2/h25H,3-24H2,1-2H3. The molecule has 0 aromatic carbocycles. The molecule has 2 atom stereocenters. The highest BCUT2D eigenvalue weighted by Crippen LogP contribution is 2.15. The minimum Gasteiger partial charge on any atom is -0.288 e. The quantitative estimate of drug-likeness (QED) is 0.141. The molecule has 0 aliphatic carbocycles. The lowest BCUT2D eigenvalue weighted by Crippen LogP contribution is -2.12. The Kier molecular flexibility index (Phi) is 24.3. The third kappa shape index (κ3) is 22.5. The molecule has 0 saturated carbocycles. The van der Waals surface area contributed by atoms with Crippen LogP contribution in [0.3, 0.4) is 0 Å². The van der Waals surface area contributed by atoms with E-state index in [-0.39, 0.29) is 0 Å². The summed E-state index contributed by atoms with van der Waals surface area (Å²) in [6.45, 7) is 4.87. The molecule has 0 fully saturated rings. The van der Waals surface area contributed by atoms with Crippen LogP contribution >= 0.6 is 0 Å². The lowest BCUT2D eigenvalue weighted by molar-refractivity contribution is 0.299. The van der Waals surface area contributed by atoms with Crippen LogP contribution in [0.4, 0.5) is 4.39 Å². The molecule has 0 saturated heterocycles. The Morgan fingerprint density at radius 1 is 0.586 bits per heavy atom. The molecule has 176 valence electrons. The molecule has 0 heterocycles. The SMILES string of the molecule is CCCCCCCCCCCCCCCCCOS(=O)C(F)CCCCCCC. The maximum atomic E-state index is 13.8. The molecule has 0 amide bonds. The maximum absolute atomic E-state index is 13.8. The van der Waals surface area contributed by atoms with Crippen molar-refractivity contribution in [2.24, 2.45) is 0 Å². The second kappa shape index (κ2) is 24.3. The Morgan fingerprint density at radius 2 is 0.931 bits per heavy atom. The first-order valence-electron chi connectivity index (χ1n) is 12.9. The van der Waals surface area contributed by atoms with Crippen molar-refractivity contribution in [3.05, 3.63) is 0 Å². The van der Waals surface area contributed by atoms with Crippen LogP contribution in [0.1, 0.15) is 149 Å². The second-order valence-corrected chi connectivity index (χ2v) is 9.91. The smallest absolute Gasteiger partial charge is 0.200 e. The van der Waals surface area contributed by atoms with Gasteiger partial charge in [-0.05, 0) is 19.3 Å². The van der Waals surface area contributed by atoms with Crippen molar-refractivity contribution < 1.29 is 12.8 Å². The number of rotatable bonds is 24. The van der Waals surface area contributed by atoms with Gasteiger partial charge in [0.2, 0.25) is 0 Å². The number of hydrogen-bond donors (Lipinski definition) is 0. The highest BCUT2D eigenvalue weighted by Gasteiger charge is 2.15. The molecule has 29 heavy (non-hydrogen) atoms. The van der Waals surface area contributed by atoms with Crippen LogP contribution in [0.2, 0.25) is 0 Å². The van der Waals surface area contributed by atoms with Gasteiger partial charge >= 0.3 is 0 Å². The van der Waals surface area contributed by atoms with E-state index in [1.807, 2.05) is 0 Å². The molecule has 0 aliphatic rings. The van der Waals surface area contributed by atoms with Crippen LogP contribution in [-0.2, 0) is 15.3 Å². The summed E-state index contributed by atoms with van der Waals surface area (Å²) < 4.78 is 30.7. The molecule has 0 radical (unpaired) electrons. The molecule has 2 unspecified atom stereocenters. The van der Waals surface area contributed by atoms with Crippen molar-refractivity contribution in [2.45, 2.75) is 154 Å². The molecule has 0 spiro atoms. The largest absolute Gasteiger partial charge is 0.288 e. The van der Waals surface area contributed by atoms with Gasteiger partial charge in [0.15, 0.2) is 16.6 Å². The first kappa shape index (κ1) is 29.0. The summed E-state index contributed by atoms with van der Waals surface area (Å²) in [4.78, 5) is 0. The van der Waals surface area contributed by atoms with Crippen LogP contribution in [0.25, 0.3) is 0 Å². The summed E-state index contributed by atoms with van der Waals surface area (Å²) in [5.41, 5.74) is -1.31. The van der Waals surface area contributed by atoms with Gasteiger partial charge < -0.3 is 0 Å². The van der Waals surface area contributed by atoms with Crippen LogP contribution in [0.15, 0.2) is 0 Å². The van der Waals surface area contributed by atoms with Crippen LogP contribution in [0, 0.1) is 0 Å². The summed E-state index contributed by atoms with van der Waals surface area (Å²) in [6, 6.07) is 0. The van der Waals surface area contributed by atoms with Crippen LogP contribution in [-0.4, -0.2) is 16.3 Å². The van der Waals surface area contributed by atoms with Gasteiger partial charge in [0.25, 0.3) is 0 Å². The normalized spacial score (nSPS) is 13.6. The van der Waals surface area contributed by atoms with Gasteiger partial charge in [-0.2, -0.15) is 0 Å². The second-order valence-electron chi connectivity index (χ2n) is 8.65. The Morgan fingerprint density at radius 3 is 1.34 bits per heavy atom. The van der Waals surface area contributed by atoms with E-state index in [1.165, 1.54) is 96.3 Å². The van der Waals surface area contributed by atoms with Crippen LogP contribution in [0.5, 0.6) is 0 Å². The minimum atomic E-state index is -1.76.